The molecule has 2 aliphatic heterocycles. The predicted octanol–water partition coefficient (Wildman–Crippen LogP) is 4.35. The maximum absolute atomic E-state index is 14.5. The second-order valence-corrected chi connectivity index (χ2v) is 11.7. The first kappa shape index (κ1) is 27.2. The quantitative estimate of drug-likeness (QED) is 0.355. The van der Waals surface area contributed by atoms with Crippen molar-refractivity contribution in [3.63, 3.8) is 0 Å². The minimum atomic E-state index is -0.818. The van der Waals surface area contributed by atoms with Gasteiger partial charge in [0.1, 0.15) is 16.3 Å². The van der Waals surface area contributed by atoms with Crippen LogP contribution < -0.4 is 24.9 Å². The van der Waals surface area contributed by atoms with Crippen molar-refractivity contribution in [1.29, 1.82) is 0 Å². The molecular weight excluding hydrogens is 604 g/mol. The highest BCUT2D eigenvalue weighted by Gasteiger charge is 2.38. The van der Waals surface area contributed by atoms with Crippen molar-refractivity contribution in [2.45, 2.75) is 26.8 Å². The number of nitrogens with one attached hydrogen (secondary N) is 1. The van der Waals surface area contributed by atoms with Crippen molar-refractivity contribution >= 4 is 61.1 Å². The first-order chi connectivity index (χ1) is 19.8. The number of anilines is 1. The molecule has 3 heterocycles. The third-order valence-corrected chi connectivity index (χ3v) is 9.20. The molecule has 0 unspecified atom stereocenters. The number of halogens is 1. The molecule has 0 fully saturated rings. The molecule has 6 rings (SSSR count). The van der Waals surface area contributed by atoms with E-state index < -0.39 is 6.04 Å². The van der Waals surface area contributed by atoms with Gasteiger partial charge in [-0.2, -0.15) is 0 Å². The standard InChI is InChI=1S/C31H27BrN4O4S/c1-5-35(6-2)29(38)23-16(3)33-31-36(26(23)24-19-10-8-7-9-17(19)11-14-22(24)40-4)30(39)27(41-31)25-20-15-18(32)12-13-21(20)34-28(25)37/h7-15,26H,5-6H2,1-4H3,(H,34,37)/b27-25+/t26-/m1/s1. The number of thiazole rings is 1. The second-order valence-electron chi connectivity index (χ2n) is 9.80. The molecule has 0 aliphatic carbocycles. The Balaban J connectivity index is 1.73. The van der Waals surface area contributed by atoms with Crippen molar-refractivity contribution < 1.29 is 14.3 Å². The number of rotatable bonds is 5. The molecule has 2 amide bonds. The van der Waals surface area contributed by atoms with E-state index in [2.05, 4.69) is 21.2 Å². The van der Waals surface area contributed by atoms with Gasteiger partial charge in [0.2, 0.25) is 0 Å². The summed E-state index contributed by atoms with van der Waals surface area (Å²) in [6, 6.07) is 16.3. The molecule has 41 heavy (non-hydrogen) atoms. The van der Waals surface area contributed by atoms with Gasteiger partial charge in [0, 0.05) is 34.4 Å². The molecule has 1 aromatic heterocycles. The summed E-state index contributed by atoms with van der Waals surface area (Å²) in [5, 5.41) is 4.69. The number of allylic oxidation sites excluding steroid dienone is 1. The molecule has 3 aromatic carbocycles. The summed E-state index contributed by atoms with van der Waals surface area (Å²) >= 11 is 4.64. The molecule has 8 nitrogen and oxygen atoms in total. The van der Waals surface area contributed by atoms with E-state index in [-0.39, 0.29) is 21.9 Å². The Morgan fingerprint density at radius 3 is 2.61 bits per heavy atom. The van der Waals surface area contributed by atoms with Crippen LogP contribution in [-0.4, -0.2) is 41.5 Å². The maximum Gasteiger partial charge on any atom is 0.271 e. The number of aromatic nitrogens is 1. The molecule has 4 aromatic rings. The lowest BCUT2D eigenvalue weighted by Crippen LogP contribution is -2.43. The largest absolute Gasteiger partial charge is 0.496 e. The van der Waals surface area contributed by atoms with Crippen molar-refractivity contribution in [3.05, 3.63) is 101 Å². The van der Waals surface area contributed by atoms with Crippen molar-refractivity contribution in [3.8, 4) is 5.75 Å². The molecular formula is C31H27BrN4O4S. The van der Waals surface area contributed by atoms with Gasteiger partial charge in [-0.15, -0.1) is 0 Å². The lowest BCUT2D eigenvalue weighted by Gasteiger charge is -2.30. The maximum atomic E-state index is 14.5. The monoisotopic (exact) mass is 630 g/mol. The van der Waals surface area contributed by atoms with E-state index in [4.69, 9.17) is 9.73 Å². The number of amides is 2. The summed E-state index contributed by atoms with van der Waals surface area (Å²) in [6.07, 6.45) is 0. The molecule has 1 atom stereocenters. The highest BCUT2D eigenvalue weighted by Crippen LogP contribution is 2.41. The third-order valence-electron chi connectivity index (χ3n) is 7.66. The zero-order valence-electron chi connectivity index (χ0n) is 22.9. The number of ether oxygens (including phenoxy) is 1. The van der Waals surface area contributed by atoms with Gasteiger partial charge in [-0.3, -0.25) is 19.0 Å². The number of nitrogens with zero attached hydrogens (tertiary/aromatic N) is 3. The summed E-state index contributed by atoms with van der Waals surface area (Å²) in [7, 11) is 1.58. The number of carbonyl (C=O) groups excluding carboxylic acids is 2. The van der Waals surface area contributed by atoms with Gasteiger partial charge in [0.25, 0.3) is 17.4 Å². The molecule has 0 saturated heterocycles. The summed E-state index contributed by atoms with van der Waals surface area (Å²) < 4.78 is 8.48. The minimum Gasteiger partial charge on any atom is -0.496 e. The molecule has 10 heteroatoms. The fourth-order valence-corrected chi connectivity index (χ4v) is 7.20. The summed E-state index contributed by atoms with van der Waals surface area (Å²) in [5.74, 6) is 0.0132. The predicted molar refractivity (Wildman–Crippen MR) is 164 cm³/mol. The second kappa shape index (κ2) is 10.4. The fraction of sp³-hybridized carbons (Fsp3) is 0.226. The number of hydrogen-bond acceptors (Lipinski definition) is 6. The zero-order valence-corrected chi connectivity index (χ0v) is 25.4. The average molecular weight is 632 g/mol. The van der Waals surface area contributed by atoms with E-state index in [0.29, 0.717) is 57.3 Å². The molecule has 1 N–H and O–H groups in total. The zero-order chi connectivity index (χ0) is 29.0. The van der Waals surface area contributed by atoms with Gasteiger partial charge in [0.05, 0.1) is 24.0 Å². The van der Waals surface area contributed by atoms with E-state index in [1.807, 2.05) is 62.4 Å². The van der Waals surface area contributed by atoms with Crippen LogP contribution in [0.25, 0.3) is 16.3 Å². The van der Waals surface area contributed by atoms with E-state index in [9.17, 15) is 14.4 Å². The molecule has 0 saturated carbocycles. The van der Waals surface area contributed by atoms with Gasteiger partial charge in [0.15, 0.2) is 4.80 Å². The van der Waals surface area contributed by atoms with Gasteiger partial charge >= 0.3 is 0 Å². The lowest BCUT2D eigenvalue weighted by molar-refractivity contribution is -0.127. The van der Waals surface area contributed by atoms with Gasteiger partial charge in [-0.05, 0) is 55.8 Å². The molecule has 208 valence electrons. The van der Waals surface area contributed by atoms with Crippen LogP contribution in [0.5, 0.6) is 5.75 Å². The lowest BCUT2D eigenvalue weighted by atomic mass is 9.90. The van der Waals surface area contributed by atoms with E-state index in [0.717, 1.165) is 26.6 Å². The van der Waals surface area contributed by atoms with Crippen LogP contribution in [0.2, 0.25) is 0 Å². The number of fused-ring (bicyclic) bond motifs is 3. The Bertz CT molecular complexity index is 1990. The summed E-state index contributed by atoms with van der Waals surface area (Å²) in [6.45, 7) is 6.67. The fourth-order valence-electron chi connectivity index (χ4n) is 5.70. The van der Waals surface area contributed by atoms with E-state index in [1.54, 1.807) is 29.6 Å². The van der Waals surface area contributed by atoms with Crippen LogP contribution in [0.1, 0.15) is 37.9 Å². The van der Waals surface area contributed by atoms with E-state index in [1.165, 1.54) is 0 Å². The van der Waals surface area contributed by atoms with Crippen LogP contribution >= 0.6 is 27.3 Å². The van der Waals surface area contributed by atoms with Gasteiger partial charge in [-0.25, -0.2) is 4.99 Å². The first-order valence-corrected chi connectivity index (χ1v) is 14.9. The van der Waals surface area contributed by atoms with Crippen LogP contribution in [0, 0.1) is 0 Å². The highest BCUT2D eigenvalue weighted by molar-refractivity contribution is 9.10. The Labute approximate surface area is 248 Å². The van der Waals surface area contributed by atoms with Crippen LogP contribution in [0.15, 0.2) is 80.1 Å². The number of likely N-dealkylation sites (N-methyl/N-ethyl adjacent to an activating group) is 1. The topological polar surface area (TPSA) is 93.0 Å². The smallest absolute Gasteiger partial charge is 0.271 e. The minimum absolute atomic E-state index is 0.193. The van der Waals surface area contributed by atoms with Gasteiger partial charge < -0.3 is 15.0 Å². The van der Waals surface area contributed by atoms with Crippen LogP contribution in [0.3, 0.4) is 0 Å². The number of methoxy groups -OCH3 is 1. The average Bonchev–Trinajstić information content (AvgIpc) is 3.46. The molecule has 0 radical (unpaired) electrons. The Morgan fingerprint density at radius 1 is 1.12 bits per heavy atom. The normalized spacial score (nSPS) is 17.2. The number of benzene rings is 3. The number of hydrogen-bond donors (Lipinski definition) is 1. The summed E-state index contributed by atoms with van der Waals surface area (Å²) in [5.41, 5.74) is 2.83. The van der Waals surface area contributed by atoms with Crippen molar-refractivity contribution in [1.82, 2.24) is 9.47 Å². The van der Waals surface area contributed by atoms with Crippen LogP contribution in [0.4, 0.5) is 5.69 Å². The van der Waals surface area contributed by atoms with Crippen molar-refractivity contribution in [2.24, 2.45) is 4.99 Å². The Hall–Kier alpha value is -4.02. The Kier molecular flexibility index (Phi) is 6.91. The number of carbonyl (C=O) groups is 2. The van der Waals surface area contributed by atoms with Gasteiger partial charge in [-0.1, -0.05) is 57.6 Å². The molecule has 0 bridgehead atoms. The summed E-state index contributed by atoms with van der Waals surface area (Å²) in [4.78, 5) is 48.7. The SMILES string of the molecule is CCN(CC)C(=O)C1=C(C)N=c2s/c(=C3/C(=O)Nc4ccc(Br)cc43)c(=O)n2[C@H]1c1c(OC)ccc2ccccc12. The first-order valence-electron chi connectivity index (χ1n) is 13.3. The van der Waals surface area contributed by atoms with Crippen molar-refractivity contribution in [2.75, 3.05) is 25.5 Å². The van der Waals surface area contributed by atoms with E-state index >= 15 is 0 Å². The highest BCUT2D eigenvalue weighted by atomic mass is 79.9. The van der Waals surface area contributed by atoms with Crippen LogP contribution in [-0.2, 0) is 9.59 Å². The Morgan fingerprint density at radius 2 is 1.88 bits per heavy atom. The third kappa shape index (κ3) is 4.24. The molecule has 2 aliphatic rings. The molecule has 0 spiro atoms.